The highest BCUT2D eigenvalue weighted by molar-refractivity contribution is 5.81. The van der Waals surface area contributed by atoms with Crippen molar-refractivity contribution >= 4 is 5.91 Å². The molecule has 4 nitrogen and oxygen atoms in total. The first-order valence-corrected chi connectivity index (χ1v) is 8.07. The van der Waals surface area contributed by atoms with Crippen LogP contribution in [0, 0.1) is 5.82 Å². The van der Waals surface area contributed by atoms with E-state index in [1.807, 2.05) is 0 Å². The van der Waals surface area contributed by atoms with Crippen molar-refractivity contribution in [2.24, 2.45) is 0 Å². The number of nitrogens with zero attached hydrogens (tertiary/aromatic N) is 1. The van der Waals surface area contributed by atoms with Crippen molar-refractivity contribution < 1.29 is 14.3 Å². The number of rotatable bonds is 5. The number of carbonyl (C=O) groups excluding carboxylic acids is 1. The molecule has 2 aliphatic rings. The Morgan fingerprint density at radius 2 is 1.91 bits per heavy atom. The summed E-state index contributed by atoms with van der Waals surface area (Å²) in [4.78, 5) is 14.6. The third-order valence-corrected chi connectivity index (χ3v) is 5.13. The van der Waals surface area contributed by atoms with Crippen LogP contribution in [0.3, 0.4) is 0 Å². The van der Waals surface area contributed by atoms with Crippen LogP contribution < -0.4 is 5.32 Å². The van der Waals surface area contributed by atoms with Gasteiger partial charge in [0.2, 0.25) is 0 Å². The molecule has 0 aliphatic carbocycles. The van der Waals surface area contributed by atoms with Crippen LogP contribution >= 0.6 is 0 Å². The number of hydrogen-bond donors (Lipinski definition) is 2. The number of benzene rings is 1. The second kappa shape index (κ2) is 6.34. The molecule has 0 spiro atoms. The second-order valence-electron chi connectivity index (χ2n) is 6.41. The van der Waals surface area contributed by atoms with E-state index in [0.717, 1.165) is 6.42 Å². The Morgan fingerprint density at radius 1 is 1.27 bits per heavy atom. The summed E-state index contributed by atoms with van der Waals surface area (Å²) >= 11 is 0. The minimum Gasteiger partial charge on any atom is -0.378 e. The zero-order valence-electron chi connectivity index (χ0n) is 12.7. The van der Waals surface area contributed by atoms with Gasteiger partial charge in [0.1, 0.15) is 5.82 Å². The zero-order valence-corrected chi connectivity index (χ0v) is 12.7. The van der Waals surface area contributed by atoms with Crippen molar-refractivity contribution in [2.45, 2.75) is 43.7 Å². The van der Waals surface area contributed by atoms with Crippen LogP contribution in [0.25, 0.3) is 0 Å². The third-order valence-electron chi connectivity index (χ3n) is 5.13. The molecule has 120 valence electrons. The molecule has 2 saturated heterocycles. The summed E-state index contributed by atoms with van der Waals surface area (Å²) in [6.45, 7) is 2.92. The number of aliphatic hydroxyl groups is 1. The fourth-order valence-corrected chi connectivity index (χ4v) is 3.94. The number of carbonyl (C=O) groups is 1. The van der Waals surface area contributed by atoms with Gasteiger partial charge in [0.05, 0.1) is 0 Å². The first-order chi connectivity index (χ1) is 10.6. The largest absolute Gasteiger partial charge is 0.378 e. The Bertz CT molecular complexity index is 522. The van der Waals surface area contributed by atoms with Crippen molar-refractivity contribution in [2.75, 3.05) is 19.6 Å². The molecule has 0 radical (unpaired) electrons. The van der Waals surface area contributed by atoms with Crippen molar-refractivity contribution in [3.05, 3.63) is 35.6 Å². The van der Waals surface area contributed by atoms with Gasteiger partial charge in [-0.05, 0) is 62.9 Å². The second-order valence-corrected chi connectivity index (χ2v) is 6.41. The molecule has 0 aromatic heterocycles. The van der Waals surface area contributed by atoms with Crippen LogP contribution in [0.4, 0.5) is 4.39 Å². The Hall–Kier alpha value is -1.46. The lowest BCUT2D eigenvalue weighted by molar-refractivity contribution is -0.129. The summed E-state index contributed by atoms with van der Waals surface area (Å²) in [5.74, 6) is -0.788. The zero-order chi connectivity index (χ0) is 15.6. The number of aliphatic hydroxyl groups excluding tert-OH is 1. The quantitative estimate of drug-likeness (QED) is 0.875. The van der Waals surface area contributed by atoms with Crippen LogP contribution in [-0.2, 0) is 4.79 Å². The van der Waals surface area contributed by atoms with E-state index in [-0.39, 0.29) is 11.4 Å². The van der Waals surface area contributed by atoms with Gasteiger partial charge in [0, 0.05) is 12.1 Å². The molecule has 0 unspecified atom stereocenters. The van der Waals surface area contributed by atoms with E-state index in [1.54, 1.807) is 0 Å². The lowest BCUT2D eigenvalue weighted by Gasteiger charge is -2.32. The topological polar surface area (TPSA) is 52.6 Å². The van der Waals surface area contributed by atoms with Crippen LogP contribution in [0.1, 0.15) is 43.8 Å². The van der Waals surface area contributed by atoms with Crippen LogP contribution in [-0.4, -0.2) is 41.1 Å². The van der Waals surface area contributed by atoms with E-state index < -0.39 is 12.0 Å². The van der Waals surface area contributed by atoms with Gasteiger partial charge in [0.25, 0.3) is 5.91 Å². The molecule has 1 aromatic rings. The first-order valence-electron chi connectivity index (χ1n) is 8.07. The van der Waals surface area contributed by atoms with Crippen LogP contribution in [0.15, 0.2) is 24.3 Å². The minimum atomic E-state index is -1.23. The summed E-state index contributed by atoms with van der Waals surface area (Å²) in [6.07, 6.45) is 4.61. The van der Waals surface area contributed by atoms with E-state index in [0.29, 0.717) is 12.1 Å². The number of hydrogen-bond acceptors (Lipinski definition) is 3. The van der Waals surface area contributed by atoms with Crippen molar-refractivity contribution in [3.63, 3.8) is 0 Å². The average molecular weight is 306 g/mol. The van der Waals surface area contributed by atoms with Crippen molar-refractivity contribution in [1.29, 1.82) is 0 Å². The Morgan fingerprint density at radius 3 is 2.55 bits per heavy atom. The van der Waals surface area contributed by atoms with Crippen LogP contribution in [0.5, 0.6) is 0 Å². The summed E-state index contributed by atoms with van der Waals surface area (Å²) in [6, 6.07) is 5.38. The molecule has 0 bridgehead atoms. The fraction of sp³-hybridized carbons (Fsp3) is 0.588. The smallest absolute Gasteiger partial charge is 0.253 e. The normalized spacial score (nSPS) is 21.5. The van der Waals surface area contributed by atoms with E-state index >= 15 is 0 Å². The number of halogens is 1. The molecule has 1 atom stereocenters. The molecule has 3 rings (SSSR count). The maximum atomic E-state index is 12.9. The van der Waals surface area contributed by atoms with Gasteiger partial charge in [-0.3, -0.25) is 9.69 Å². The van der Waals surface area contributed by atoms with Gasteiger partial charge in [-0.25, -0.2) is 4.39 Å². The number of fused-ring (bicyclic) bond motifs is 1. The van der Waals surface area contributed by atoms with Crippen molar-refractivity contribution in [1.82, 2.24) is 10.2 Å². The lowest BCUT2D eigenvalue weighted by Crippen LogP contribution is -2.42. The van der Waals surface area contributed by atoms with Gasteiger partial charge in [-0.1, -0.05) is 12.1 Å². The molecule has 2 N–H and O–H groups in total. The van der Waals surface area contributed by atoms with E-state index in [4.69, 9.17) is 0 Å². The summed E-state index contributed by atoms with van der Waals surface area (Å²) in [5.41, 5.74) is 0.689. The molecule has 2 heterocycles. The summed E-state index contributed by atoms with van der Waals surface area (Å²) in [7, 11) is 0. The highest BCUT2D eigenvalue weighted by atomic mass is 19.1. The highest BCUT2D eigenvalue weighted by Crippen LogP contribution is 2.40. The first kappa shape index (κ1) is 15.4. The number of amides is 1. The minimum absolute atomic E-state index is 0.272. The lowest BCUT2D eigenvalue weighted by atomic mass is 9.90. The van der Waals surface area contributed by atoms with E-state index in [9.17, 15) is 14.3 Å². The SMILES string of the molecule is O=C(NCCC12CCCN1CCC2)[C@@H](O)c1ccc(F)cc1. The maximum Gasteiger partial charge on any atom is 0.253 e. The van der Waals surface area contributed by atoms with E-state index in [1.165, 1.54) is 63.0 Å². The Kier molecular flexibility index (Phi) is 4.45. The molecule has 2 fully saturated rings. The number of nitrogens with one attached hydrogen (secondary N) is 1. The predicted octanol–water partition coefficient (Wildman–Crippen LogP) is 1.99. The van der Waals surface area contributed by atoms with Gasteiger partial charge in [-0.2, -0.15) is 0 Å². The van der Waals surface area contributed by atoms with Gasteiger partial charge >= 0.3 is 0 Å². The van der Waals surface area contributed by atoms with Crippen LogP contribution in [0.2, 0.25) is 0 Å². The molecule has 2 aliphatic heterocycles. The average Bonchev–Trinajstić information content (AvgIpc) is 3.07. The third kappa shape index (κ3) is 3.01. The molecular formula is C17H23FN2O2. The predicted molar refractivity (Wildman–Crippen MR) is 81.8 cm³/mol. The summed E-state index contributed by atoms with van der Waals surface area (Å²) in [5, 5.41) is 12.8. The van der Waals surface area contributed by atoms with Gasteiger partial charge in [-0.15, -0.1) is 0 Å². The monoisotopic (exact) mass is 306 g/mol. The molecule has 5 heteroatoms. The molecule has 1 amide bonds. The fourth-order valence-electron chi connectivity index (χ4n) is 3.94. The maximum absolute atomic E-state index is 12.9. The molecule has 1 aromatic carbocycles. The van der Waals surface area contributed by atoms with E-state index in [2.05, 4.69) is 10.2 Å². The highest BCUT2D eigenvalue weighted by Gasteiger charge is 2.43. The standard InChI is InChI=1S/C17H23FN2O2/c18-14-5-3-13(4-6-14)15(21)16(22)19-10-9-17-7-1-11-20(17)12-2-8-17/h3-6,15,21H,1-2,7-12H2,(H,19,22)/t15-/m0/s1. The van der Waals surface area contributed by atoms with Gasteiger partial charge < -0.3 is 10.4 Å². The Balaban J connectivity index is 1.51. The Labute approximate surface area is 130 Å². The molecule has 0 saturated carbocycles. The molecular weight excluding hydrogens is 283 g/mol. The van der Waals surface area contributed by atoms with Crippen molar-refractivity contribution in [3.8, 4) is 0 Å². The summed E-state index contributed by atoms with van der Waals surface area (Å²) < 4.78 is 12.9. The molecule has 22 heavy (non-hydrogen) atoms. The van der Waals surface area contributed by atoms with Gasteiger partial charge in [0.15, 0.2) is 6.10 Å².